The van der Waals surface area contributed by atoms with Crippen LogP contribution in [0.5, 0.6) is 5.75 Å². The fourth-order valence-corrected chi connectivity index (χ4v) is 4.68. The Morgan fingerprint density at radius 3 is 2.67 bits per heavy atom. The molecule has 5 nitrogen and oxygen atoms in total. The zero-order chi connectivity index (χ0) is 18.7. The summed E-state index contributed by atoms with van der Waals surface area (Å²) in [5, 5.41) is 4.75. The number of aryl methyl sites for hydroxylation is 1. The van der Waals surface area contributed by atoms with Crippen LogP contribution in [0.4, 0.5) is 5.82 Å². The molecule has 0 saturated carbocycles. The number of aromatic nitrogens is 2. The summed E-state index contributed by atoms with van der Waals surface area (Å²) in [7, 11) is 1.70. The van der Waals surface area contributed by atoms with Crippen molar-refractivity contribution in [3.63, 3.8) is 0 Å². The molecule has 142 valence electrons. The highest BCUT2D eigenvalue weighted by Crippen LogP contribution is 2.37. The van der Waals surface area contributed by atoms with Gasteiger partial charge < -0.3 is 14.8 Å². The summed E-state index contributed by atoms with van der Waals surface area (Å²) in [6, 6.07) is 10.7. The molecule has 3 aromatic rings. The smallest absolute Gasteiger partial charge is 0.138 e. The maximum Gasteiger partial charge on any atom is 0.138 e. The van der Waals surface area contributed by atoms with Gasteiger partial charge in [-0.3, -0.25) is 0 Å². The van der Waals surface area contributed by atoms with Crippen LogP contribution in [0, 0.1) is 0 Å². The Hall–Kier alpha value is -2.18. The van der Waals surface area contributed by atoms with E-state index >= 15 is 0 Å². The van der Waals surface area contributed by atoms with Crippen molar-refractivity contribution < 1.29 is 9.47 Å². The summed E-state index contributed by atoms with van der Waals surface area (Å²) in [5.74, 6) is 1.81. The maximum atomic E-state index is 5.65. The number of benzene rings is 1. The minimum absolute atomic E-state index is 0.0331. The van der Waals surface area contributed by atoms with Crippen molar-refractivity contribution in [1.29, 1.82) is 0 Å². The fourth-order valence-electron chi connectivity index (χ4n) is 3.75. The van der Waals surface area contributed by atoms with Gasteiger partial charge in [-0.2, -0.15) is 0 Å². The van der Waals surface area contributed by atoms with Crippen LogP contribution in [0.15, 0.2) is 36.7 Å². The number of rotatable bonds is 6. The Kier molecular flexibility index (Phi) is 5.27. The van der Waals surface area contributed by atoms with Gasteiger partial charge in [-0.15, -0.1) is 11.3 Å². The molecule has 1 aromatic carbocycles. The minimum atomic E-state index is 0.0331. The number of nitrogens with one attached hydrogen (secondary N) is 1. The average Bonchev–Trinajstić information content (AvgIpc) is 3.17. The van der Waals surface area contributed by atoms with Gasteiger partial charge in [0.25, 0.3) is 0 Å². The highest BCUT2D eigenvalue weighted by molar-refractivity contribution is 7.18. The standard InChI is InChI=1S/C21H25N3O2S/c1-3-17-12-18-19(23-14-24-20(18)27-17)22-13-21(8-10-26-11-9-21)15-4-6-16(25-2)7-5-15/h4-7,12,14H,3,8-11,13H2,1-2H3,(H,22,23,24). The summed E-state index contributed by atoms with van der Waals surface area (Å²) in [4.78, 5) is 11.3. The van der Waals surface area contributed by atoms with Gasteiger partial charge in [0.2, 0.25) is 0 Å². The lowest BCUT2D eigenvalue weighted by Gasteiger charge is -2.38. The predicted molar refractivity (Wildman–Crippen MR) is 110 cm³/mol. The second kappa shape index (κ2) is 7.82. The van der Waals surface area contributed by atoms with Crippen molar-refractivity contribution in [2.75, 3.05) is 32.2 Å². The molecule has 0 aliphatic carbocycles. The van der Waals surface area contributed by atoms with Gasteiger partial charge in [0.05, 0.1) is 12.5 Å². The van der Waals surface area contributed by atoms with Gasteiger partial charge in [-0.05, 0) is 43.0 Å². The molecule has 0 radical (unpaired) electrons. The quantitative estimate of drug-likeness (QED) is 0.683. The number of hydrogen-bond donors (Lipinski definition) is 1. The minimum Gasteiger partial charge on any atom is -0.497 e. The van der Waals surface area contributed by atoms with Crippen LogP contribution in [0.2, 0.25) is 0 Å². The topological polar surface area (TPSA) is 56.3 Å². The van der Waals surface area contributed by atoms with Crippen molar-refractivity contribution in [1.82, 2.24) is 9.97 Å². The number of hydrogen-bond acceptors (Lipinski definition) is 6. The van der Waals surface area contributed by atoms with E-state index in [2.05, 4.69) is 40.4 Å². The van der Waals surface area contributed by atoms with Gasteiger partial charge in [0, 0.05) is 30.1 Å². The molecule has 1 N–H and O–H groups in total. The first-order valence-electron chi connectivity index (χ1n) is 9.44. The fraction of sp³-hybridized carbons (Fsp3) is 0.429. The number of fused-ring (bicyclic) bond motifs is 1. The van der Waals surface area contributed by atoms with E-state index < -0.39 is 0 Å². The van der Waals surface area contributed by atoms with Crippen LogP contribution in [0.3, 0.4) is 0 Å². The Bertz CT molecular complexity index is 901. The molecule has 0 bridgehead atoms. The van der Waals surface area contributed by atoms with Crippen molar-refractivity contribution in [3.05, 3.63) is 47.1 Å². The van der Waals surface area contributed by atoms with E-state index in [-0.39, 0.29) is 5.41 Å². The zero-order valence-corrected chi connectivity index (χ0v) is 16.6. The molecule has 1 fully saturated rings. The largest absolute Gasteiger partial charge is 0.497 e. The second-order valence-corrected chi connectivity index (χ2v) is 8.10. The Morgan fingerprint density at radius 2 is 1.96 bits per heavy atom. The van der Waals surface area contributed by atoms with Crippen LogP contribution >= 0.6 is 11.3 Å². The van der Waals surface area contributed by atoms with E-state index in [1.54, 1.807) is 24.8 Å². The summed E-state index contributed by atoms with van der Waals surface area (Å²) in [6.45, 7) is 4.56. The van der Waals surface area contributed by atoms with Gasteiger partial charge in [-0.25, -0.2) is 9.97 Å². The third kappa shape index (κ3) is 3.64. The molecule has 1 aliphatic heterocycles. The number of methoxy groups -OCH3 is 1. The van der Waals surface area contributed by atoms with E-state index in [1.807, 2.05) is 12.1 Å². The van der Waals surface area contributed by atoms with Crippen molar-refractivity contribution in [2.45, 2.75) is 31.6 Å². The summed E-state index contributed by atoms with van der Waals surface area (Å²) in [5.41, 5.74) is 1.36. The number of thiophene rings is 1. The first-order valence-corrected chi connectivity index (χ1v) is 10.3. The summed E-state index contributed by atoms with van der Waals surface area (Å²) in [6.07, 6.45) is 4.66. The summed E-state index contributed by atoms with van der Waals surface area (Å²) >= 11 is 1.75. The molecule has 1 aliphatic rings. The predicted octanol–water partition coefficient (Wildman–Crippen LogP) is 4.42. The SMILES string of the molecule is CCc1cc2c(NCC3(c4ccc(OC)cc4)CCOCC3)ncnc2s1. The molecular formula is C21H25N3O2S. The van der Waals surface area contributed by atoms with Gasteiger partial charge in [0.15, 0.2) is 0 Å². The van der Waals surface area contributed by atoms with Gasteiger partial charge in [0.1, 0.15) is 22.7 Å². The van der Waals surface area contributed by atoms with E-state index in [0.29, 0.717) is 0 Å². The third-order valence-electron chi connectivity index (χ3n) is 5.48. The number of anilines is 1. The first-order chi connectivity index (χ1) is 13.2. The second-order valence-electron chi connectivity index (χ2n) is 6.98. The lowest BCUT2D eigenvalue weighted by molar-refractivity contribution is 0.0543. The molecule has 1 saturated heterocycles. The van der Waals surface area contributed by atoms with Gasteiger partial charge in [-0.1, -0.05) is 19.1 Å². The van der Waals surface area contributed by atoms with Crippen LogP contribution < -0.4 is 10.1 Å². The van der Waals surface area contributed by atoms with Crippen LogP contribution in [0.1, 0.15) is 30.2 Å². The monoisotopic (exact) mass is 383 g/mol. The molecule has 4 rings (SSSR count). The molecule has 0 atom stereocenters. The van der Waals surface area contributed by atoms with Crippen LogP contribution in [-0.2, 0) is 16.6 Å². The Labute approximate surface area is 163 Å². The Morgan fingerprint density at radius 1 is 1.19 bits per heavy atom. The van der Waals surface area contributed by atoms with Crippen LogP contribution in [-0.4, -0.2) is 36.8 Å². The molecule has 3 heterocycles. The molecule has 0 unspecified atom stereocenters. The molecule has 6 heteroatoms. The molecule has 27 heavy (non-hydrogen) atoms. The number of nitrogens with zero attached hydrogens (tertiary/aromatic N) is 2. The van der Waals surface area contributed by atoms with Crippen molar-refractivity contribution in [2.24, 2.45) is 0 Å². The highest BCUT2D eigenvalue weighted by Gasteiger charge is 2.34. The Balaban J connectivity index is 1.62. The van der Waals surface area contributed by atoms with Crippen LogP contribution in [0.25, 0.3) is 10.2 Å². The van der Waals surface area contributed by atoms with Crippen molar-refractivity contribution >= 4 is 27.4 Å². The third-order valence-corrected chi connectivity index (χ3v) is 6.66. The molecule has 2 aromatic heterocycles. The molecule has 0 spiro atoms. The van der Waals surface area contributed by atoms with E-state index in [4.69, 9.17) is 9.47 Å². The maximum absolute atomic E-state index is 5.65. The zero-order valence-electron chi connectivity index (χ0n) is 15.8. The lowest BCUT2D eigenvalue weighted by atomic mass is 9.74. The highest BCUT2D eigenvalue weighted by atomic mass is 32.1. The normalized spacial score (nSPS) is 16.4. The summed E-state index contributed by atoms with van der Waals surface area (Å²) < 4.78 is 11.0. The van der Waals surface area contributed by atoms with E-state index in [9.17, 15) is 0 Å². The average molecular weight is 384 g/mol. The molecule has 0 amide bonds. The van der Waals surface area contributed by atoms with Gasteiger partial charge >= 0.3 is 0 Å². The van der Waals surface area contributed by atoms with E-state index in [0.717, 1.165) is 60.8 Å². The number of ether oxygens (including phenoxy) is 2. The molecular weight excluding hydrogens is 358 g/mol. The first kappa shape index (κ1) is 18.2. The van der Waals surface area contributed by atoms with Crippen molar-refractivity contribution in [3.8, 4) is 5.75 Å². The van der Waals surface area contributed by atoms with E-state index in [1.165, 1.54) is 10.4 Å². The lowest BCUT2D eigenvalue weighted by Crippen LogP contribution is -2.40.